The summed E-state index contributed by atoms with van der Waals surface area (Å²) in [6, 6.07) is 4.20. The minimum atomic E-state index is 0. The van der Waals surface area contributed by atoms with Crippen LogP contribution >= 0.6 is 24.0 Å². The highest BCUT2D eigenvalue weighted by Gasteiger charge is 2.13. The summed E-state index contributed by atoms with van der Waals surface area (Å²) in [6.45, 7) is 10.3. The van der Waals surface area contributed by atoms with Gasteiger partial charge in [0.25, 0.3) is 0 Å². The lowest BCUT2D eigenvalue weighted by Crippen LogP contribution is -2.38. The molecule has 1 fully saturated rings. The highest BCUT2D eigenvalue weighted by molar-refractivity contribution is 14.0. The molecule has 1 aromatic rings. The number of hydrogen-bond donors (Lipinski definition) is 2. The summed E-state index contributed by atoms with van der Waals surface area (Å²) in [4.78, 5) is 11.5. The molecule has 1 aliphatic rings. The number of hydrogen-bond acceptors (Lipinski definition) is 4. The Balaban J connectivity index is 0.00000312. The zero-order chi connectivity index (χ0) is 17.0. The van der Waals surface area contributed by atoms with Gasteiger partial charge in [0.15, 0.2) is 5.96 Å². The first kappa shape index (κ1) is 22.0. The topological polar surface area (TPSA) is 61.8 Å². The molecule has 0 spiro atoms. The summed E-state index contributed by atoms with van der Waals surface area (Å²) in [5.74, 6) is 1.93. The van der Waals surface area contributed by atoms with Gasteiger partial charge < -0.3 is 20.3 Å². The van der Waals surface area contributed by atoms with Gasteiger partial charge in [-0.05, 0) is 50.8 Å². The van der Waals surface area contributed by atoms with Crippen molar-refractivity contribution < 1.29 is 4.74 Å². The van der Waals surface area contributed by atoms with Crippen molar-refractivity contribution in [3.63, 3.8) is 0 Å². The van der Waals surface area contributed by atoms with Crippen LogP contribution in [0.25, 0.3) is 0 Å². The molecule has 1 aromatic heterocycles. The zero-order valence-electron chi connectivity index (χ0n) is 15.5. The van der Waals surface area contributed by atoms with E-state index in [1.54, 1.807) is 0 Å². The van der Waals surface area contributed by atoms with Crippen molar-refractivity contribution in [3.05, 3.63) is 23.9 Å². The molecule has 6 nitrogen and oxygen atoms in total. The molecule has 7 heteroatoms. The Bertz CT molecular complexity index is 506. The molecule has 0 bridgehead atoms. The maximum atomic E-state index is 5.35. The van der Waals surface area contributed by atoms with Gasteiger partial charge in [0.05, 0.1) is 6.54 Å². The number of nitrogens with zero attached hydrogens (tertiary/aromatic N) is 3. The van der Waals surface area contributed by atoms with Gasteiger partial charge in [0.2, 0.25) is 0 Å². The first-order chi connectivity index (χ1) is 11.8. The van der Waals surface area contributed by atoms with Crippen LogP contribution in [0.4, 0.5) is 5.82 Å². The molecule has 0 unspecified atom stereocenters. The van der Waals surface area contributed by atoms with Crippen LogP contribution < -0.4 is 15.5 Å². The first-order valence-corrected chi connectivity index (χ1v) is 9.13. The molecule has 0 aliphatic carbocycles. The first-order valence-electron chi connectivity index (χ1n) is 9.13. The van der Waals surface area contributed by atoms with Crippen LogP contribution in [0.15, 0.2) is 23.3 Å². The number of anilines is 1. The second-order valence-corrected chi connectivity index (χ2v) is 5.89. The average Bonchev–Trinajstić information content (AvgIpc) is 3.14. The van der Waals surface area contributed by atoms with Crippen molar-refractivity contribution in [1.82, 2.24) is 15.6 Å². The molecule has 0 saturated carbocycles. The average molecular weight is 461 g/mol. The molecular weight excluding hydrogens is 429 g/mol. The number of aliphatic imine (C=N–C) groups is 1. The Hall–Kier alpha value is -1.09. The van der Waals surface area contributed by atoms with Gasteiger partial charge in [0, 0.05) is 45.6 Å². The third-order valence-electron chi connectivity index (χ3n) is 3.97. The van der Waals surface area contributed by atoms with Gasteiger partial charge in [-0.1, -0.05) is 0 Å². The molecule has 25 heavy (non-hydrogen) atoms. The van der Waals surface area contributed by atoms with E-state index < -0.39 is 0 Å². The summed E-state index contributed by atoms with van der Waals surface area (Å²) in [5, 5.41) is 6.64. The number of guanidine groups is 1. The lowest BCUT2D eigenvalue weighted by atomic mass is 10.2. The summed E-state index contributed by atoms with van der Waals surface area (Å²) < 4.78 is 5.35. The monoisotopic (exact) mass is 461 g/mol. The van der Waals surface area contributed by atoms with Crippen molar-refractivity contribution in [1.29, 1.82) is 0 Å². The number of aromatic nitrogens is 1. The Labute approximate surface area is 168 Å². The van der Waals surface area contributed by atoms with Crippen molar-refractivity contribution in [3.8, 4) is 0 Å². The van der Waals surface area contributed by atoms with Crippen LogP contribution in [0.2, 0.25) is 0 Å². The molecule has 2 rings (SSSR count). The van der Waals surface area contributed by atoms with Gasteiger partial charge in [0.1, 0.15) is 5.82 Å². The Kier molecular flexibility index (Phi) is 11.6. The van der Waals surface area contributed by atoms with Crippen LogP contribution in [0, 0.1) is 0 Å². The van der Waals surface area contributed by atoms with Crippen LogP contribution in [0.3, 0.4) is 0 Å². The Morgan fingerprint density at radius 1 is 1.28 bits per heavy atom. The lowest BCUT2D eigenvalue weighted by Gasteiger charge is -2.16. The number of halogens is 1. The predicted molar refractivity (Wildman–Crippen MR) is 115 cm³/mol. The molecule has 0 aromatic carbocycles. The number of nitrogens with one attached hydrogen (secondary N) is 2. The fourth-order valence-electron chi connectivity index (χ4n) is 2.72. The minimum absolute atomic E-state index is 0. The highest BCUT2D eigenvalue weighted by Crippen LogP contribution is 2.18. The van der Waals surface area contributed by atoms with Crippen LogP contribution in [-0.4, -0.2) is 50.3 Å². The molecule has 142 valence electrons. The van der Waals surface area contributed by atoms with E-state index in [0.717, 1.165) is 57.6 Å². The van der Waals surface area contributed by atoms with E-state index in [1.165, 1.54) is 18.4 Å². The smallest absolute Gasteiger partial charge is 0.191 e. The largest absolute Gasteiger partial charge is 0.382 e. The van der Waals surface area contributed by atoms with E-state index in [0.29, 0.717) is 6.54 Å². The molecular formula is C18H32IN5O. The number of pyridine rings is 1. The van der Waals surface area contributed by atoms with Crippen molar-refractivity contribution in [2.75, 3.05) is 44.3 Å². The van der Waals surface area contributed by atoms with Gasteiger partial charge in [-0.2, -0.15) is 0 Å². The van der Waals surface area contributed by atoms with Crippen LogP contribution in [0.1, 0.15) is 38.7 Å². The molecule has 0 amide bonds. The van der Waals surface area contributed by atoms with E-state index in [4.69, 9.17) is 4.74 Å². The molecule has 1 saturated heterocycles. The Morgan fingerprint density at radius 2 is 2.08 bits per heavy atom. The molecule has 1 aliphatic heterocycles. The molecule has 0 atom stereocenters. The molecule has 2 heterocycles. The fraction of sp³-hybridized carbons (Fsp3) is 0.667. The van der Waals surface area contributed by atoms with E-state index in [-0.39, 0.29) is 24.0 Å². The lowest BCUT2D eigenvalue weighted by molar-refractivity contribution is 0.145. The SMILES string of the molecule is CCNC(=NCc1ccnc(N2CCCC2)c1)NCCCOCC.I. The van der Waals surface area contributed by atoms with Crippen molar-refractivity contribution in [2.24, 2.45) is 4.99 Å². The zero-order valence-corrected chi connectivity index (χ0v) is 17.8. The fourth-order valence-corrected chi connectivity index (χ4v) is 2.72. The molecule has 0 radical (unpaired) electrons. The standard InChI is InChI=1S/C18H31N5O.HI/c1-3-19-18(21-9-7-13-24-4-2)22-15-16-8-10-20-17(14-16)23-11-5-6-12-23;/h8,10,14H,3-7,9,11-13,15H2,1-2H3,(H2,19,21,22);1H. The van der Waals surface area contributed by atoms with Crippen LogP contribution in [-0.2, 0) is 11.3 Å². The summed E-state index contributed by atoms with van der Waals surface area (Å²) in [7, 11) is 0. The second kappa shape index (κ2) is 13.2. The second-order valence-electron chi connectivity index (χ2n) is 5.89. The minimum Gasteiger partial charge on any atom is -0.382 e. The van der Waals surface area contributed by atoms with Gasteiger partial charge in [-0.25, -0.2) is 9.98 Å². The number of ether oxygens (including phenoxy) is 1. The maximum Gasteiger partial charge on any atom is 0.191 e. The highest BCUT2D eigenvalue weighted by atomic mass is 127. The van der Waals surface area contributed by atoms with Crippen molar-refractivity contribution >= 4 is 35.8 Å². The van der Waals surface area contributed by atoms with Crippen LogP contribution in [0.5, 0.6) is 0 Å². The van der Waals surface area contributed by atoms with E-state index in [9.17, 15) is 0 Å². The maximum absolute atomic E-state index is 5.35. The third kappa shape index (κ3) is 8.22. The molecule has 2 N–H and O–H groups in total. The van der Waals surface area contributed by atoms with Gasteiger partial charge >= 0.3 is 0 Å². The quantitative estimate of drug-likeness (QED) is 0.256. The summed E-state index contributed by atoms with van der Waals surface area (Å²) in [6.07, 6.45) is 5.40. The predicted octanol–water partition coefficient (Wildman–Crippen LogP) is 2.78. The van der Waals surface area contributed by atoms with Gasteiger partial charge in [-0.3, -0.25) is 0 Å². The van der Waals surface area contributed by atoms with Crippen molar-refractivity contribution in [2.45, 2.75) is 39.7 Å². The normalized spacial score (nSPS) is 14.3. The van der Waals surface area contributed by atoms with E-state index in [2.05, 4.69) is 38.5 Å². The Morgan fingerprint density at radius 3 is 2.80 bits per heavy atom. The summed E-state index contributed by atoms with van der Waals surface area (Å²) >= 11 is 0. The summed E-state index contributed by atoms with van der Waals surface area (Å²) in [5.41, 5.74) is 1.19. The van der Waals surface area contributed by atoms with E-state index >= 15 is 0 Å². The van der Waals surface area contributed by atoms with Gasteiger partial charge in [-0.15, -0.1) is 24.0 Å². The number of rotatable bonds is 9. The third-order valence-corrected chi connectivity index (χ3v) is 3.97. The van der Waals surface area contributed by atoms with E-state index in [1.807, 2.05) is 19.2 Å².